The van der Waals surface area contributed by atoms with Gasteiger partial charge >= 0.3 is 0 Å². The lowest BCUT2D eigenvalue weighted by molar-refractivity contribution is 0.502. The predicted octanol–water partition coefficient (Wildman–Crippen LogP) is 2.97. The second kappa shape index (κ2) is 5.42. The van der Waals surface area contributed by atoms with Crippen LogP contribution >= 0.6 is 0 Å². The molecule has 1 atom stereocenters. The molecule has 0 aliphatic rings. The van der Waals surface area contributed by atoms with E-state index in [1.807, 2.05) is 6.92 Å². The Labute approximate surface area is 109 Å². The van der Waals surface area contributed by atoms with E-state index in [1.165, 1.54) is 12.1 Å². The summed E-state index contributed by atoms with van der Waals surface area (Å²) in [5, 5.41) is 0. The van der Waals surface area contributed by atoms with Gasteiger partial charge in [-0.05, 0) is 30.7 Å². The number of nitrogens with two attached hydrogens (primary N) is 1. The zero-order chi connectivity index (χ0) is 14.0. The minimum Gasteiger partial charge on any atom is -0.271 e. The molecule has 5 heteroatoms. The number of hydrazine groups is 1. The van der Waals surface area contributed by atoms with Crippen molar-refractivity contribution < 1.29 is 13.2 Å². The molecule has 0 aliphatic carbocycles. The molecule has 0 radical (unpaired) electrons. The van der Waals surface area contributed by atoms with Gasteiger partial charge in [-0.3, -0.25) is 5.84 Å². The van der Waals surface area contributed by atoms with Gasteiger partial charge in [0.2, 0.25) is 0 Å². The smallest absolute Gasteiger partial charge is 0.159 e. The third-order valence-electron chi connectivity index (χ3n) is 2.91. The number of aryl methyl sites for hydroxylation is 1. The molecule has 2 nitrogen and oxygen atoms in total. The number of rotatable bonds is 3. The first-order valence-corrected chi connectivity index (χ1v) is 5.70. The van der Waals surface area contributed by atoms with E-state index >= 15 is 0 Å². The maximum absolute atomic E-state index is 13.8. The average Bonchev–Trinajstić information content (AvgIpc) is 2.38. The Morgan fingerprint density at radius 2 is 1.63 bits per heavy atom. The Morgan fingerprint density at radius 1 is 0.947 bits per heavy atom. The maximum atomic E-state index is 13.8. The molecule has 2 rings (SSSR count). The highest BCUT2D eigenvalue weighted by Gasteiger charge is 2.18. The van der Waals surface area contributed by atoms with Crippen LogP contribution in [0.2, 0.25) is 0 Å². The van der Waals surface area contributed by atoms with Crippen LogP contribution in [0.5, 0.6) is 0 Å². The van der Waals surface area contributed by atoms with E-state index in [0.717, 1.165) is 17.7 Å². The first-order valence-electron chi connectivity index (χ1n) is 5.70. The van der Waals surface area contributed by atoms with Crippen LogP contribution in [0.15, 0.2) is 36.4 Å². The molecular formula is C14H13F3N2. The van der Waals surface area contributed by atoms with Gasteiger partial charge in [-0.1, -0.05) is 23.8 Å². The van der Waals surface area contributed by atoms with Crippen molar-refractivity contribution in [1.82, 2.24) is 5.43 Å². The quantitative estimate of drug-likeness (QED) is 0.662. The van der Waals surface area contributed by atoms with Crippen molar-refractivity contribution in [3.8, 4) is 0 Å². The van der Waals surface area contributed by atoms with E-state index in [0.29, 0.717) is 5.56 Å². The SMILES string of the molecule is Cc1ccc(F)c(C(NN)c2ccc(F)c(F)c2)c1. The van der Waals surface area contributed by atoms with Gasteiger partial charge in [0.25, 0.3) is 0 Å². The summed E-state index contributed by atoms with van der Waals surface area (Å²) in [5.41, 5.74) is 3.91. The van der Waals surface area contributed by atoms with Crippen LogP contribution in [-0.2, 0) is 0 Å². The molecule has 100 valence electrons. The van der Waals surface area contributed by atoms with Crippen LogP contribution in [0.3, 0.4) is 0 Å². The van der Waals surface area contributed by atoms with Gasteiger partial charge in [-0.15, -0.1) is 0 Å². The molecule has 0 amide bonds. The molecule has 1 unspecified atom stereocenters. The van der Waals surface area contributed by atoms with Crippen molar-refractivity contribution in [2.45, 2.75) is 13.0 Å². The third kappa shape index (κ3) is 2.77. The molecule has 0 aliphatic heterocycles. The Hall–Kier alpha value is -1.85. The Kier molecular flexibility index (Phi) is 3.87. The Morgan fingerprint density at radius 3 is 2.26 bits per heavy atom. The van der Waals surface area contributed by atoms with Crippen LogP contribution in [-0.4, -0.2) is 0 Å². The molecule has 0 spiro atoms. The number of hydrogen-bond acceptors (Lipinski definition) is 2. The molecule has 2 aromatic carbocycles. The van der Waals surface area contributed by atoms with Crippen LogP contribution in [0.1, 0.15) is 22.7 Å². The van der Waals surface area contributed by atoms with Crippen LogP contribution in [0.4, 0.5) is 13.2 Å². The van der Waals surface area contributed by atoms with Crippen molar-refractivity contribution in [3.05, 3.63) is 70.5 Å². The summed E-state index contributed by atoms with van der Waals surface area (Å²) < 4.78 is 40.0. The van der Waals surface area contributed by atoms with Crippen molar-refractivity contribution in [2.24, 2.45) is 5.84 Å². The van der Waals surface area contributed by atoms with E-state index < -0.39 is 23.5 Å². The van der Waals surface area contributed by atoms with Gasteiger partial charge in [0, 0.05) is 5.56 Å². The second-order valence-electron chi connectivity index (χ2n) is 4.30. The summed E-state index contributed by atoms with van der Waals surface area (Å²) >= 11 is 0. The third-order valence-corrected chi connectivity index (χ3v) is 2.91. The van der Waals surface area contributed by atoms with Crippen molar-refractivity contribution in [2.75, 3.05) is 0 Å². The molecular weight excluding hydrogens is 253 g/mol. The van der Waals surface area contributed by atoms with E-state index in [9.17, 15) is 13.2 Å². The van der Waals surface area contributed by atoms with Gasteiger partial charge in [0.15, 0.2) is 11.6 Å². The van der Waals surface area contributed by atoms with Gasteiger partial charge in [-0.2, -0.15) is 0 Å². The first-order chi connectivity index (χ1) is 9.02. The van der Waals surface area contributed by atoms with Crippen molar-refractivity contribution >= 4 is 0 Å². The number of halogens is 3. The van der Waals surface area contributed by atoms with Gasteiger partial charge in [0.05, 0.1) is 6.04 Å². The van der Waals surface area contributed by atoms with Crippen LogP contribution in [0.25, 0.3) is 0 Å². The summed E-state index contributed by atoms with van der Waals surface area (Å²) in [6.45, 7) is 1.81. The van der Waals surface area contributed by atoms with Crippen LogP contribution in [0, 0.1) is 24.4 Å². The lowest BCUT2D eigenvalue weighted by Gasteiger charge is -2.18. The Bertz CT molecular complexity index is 599. The first kappa shape index (κ1) is 13.6. The lowest BCUT2D eigenvalue weighted by Crippen LogP contribution is -2.29. The molecule has 3 N–H and O–H groups in total. The standard InChI is InChI=1S/C14H13F3N2/c1-8-2-4-11(15)10(6-8)14(19-18)9-3-5-12(16)13(17)7-9/h2-7,14,19H,18H2,1H3. The number of nitrogens with one attached hydrogen (secondary N) is 1. The normalized spacial score (nSPS) is 12.5. The topological polar surface area (TPSA) is 38.0 Å². The summed E-state index contributed by atoms with van der Waals surface area (Å²) in [6, 6.07) is 7.16. The summed E-state index contributed by atoms with van der Waals surface area (Å²) in [4.78, 5) is 0. The largest absolute Gasteiger partial charge is 0.271 e. The van der Waals surface area contributed by atoms with Gasteiger partial charge in [-0.25, -0.2) is 18.6 Å². The zero-order valence-electron chi connectivity index (χ0n) is 10.3. The molecule has 19 heavy (non-hydrogen) atoms. The molecule has 0 aromatic heterocycles. The fourth-order valence-electron chi connectivity index (χ4n) is 1.94. The summed E-state index contributed by atoms with van der Waals surface area (Å²) in [7, 11) is 0. The highest BCUT2D eigenvalue weighted by molar-refractivity contribution is 5.35. The highest BCUT2D eigenvalue weighted by Crippen LogP contribution is 2.25. The fraction of sp³-hybridized carbons (Fsp3) is 0.143. The molecule has 0 saturated carbocycles. The summed E-state index contributed by atoms with van der Waals surface area (Å²) in [6.07, 6.45) is 0. The Balaban J connectivity index is 2.49. The summed E-state index contributed by atoms with van der Waals surface area (Å²) in [5.74, 6) is 3.00. The van der Waals surface area contributed by atoms with E-state index in [-0.39, 0.29) is 5.56 Å². The van der Waals surface area contributed by atoms with E-state index in [4.69, 9.17) is 5.84 Å². The van der Waals surface area contributed by atoms with Crippen molar-refractivity contribution in [3.63, 3.8) is 0 Å². The van der Waals surface area contributed by atoms with E-state index in [1.54, 1.807) is 12.1 Å². The maximum Gasteiger partial charge on any atom is 0.159 e. The second-order valence-corrected chi connectivity index (χ2v) is 4.30. The predicted molar refractivity (Wildman–Crippen MR) is 66.7 cm³/mol. The highest BCUT2D eigenvalue weighted by atomic mass is 19.2. The monoisotopic (exact) mass is 266 g/mol. The van der Waals surface area contributed by atoms with Crippen molar-refractivity contribution in [1.29, 1.82) is 0 Å². The molecule has 0 heterocycles. The molecule has 0 fully saturated rings. The number of hydrogen-bond donors (Lipinski definition) is 2. The number of benzene rings is 2. The molecule has 0 bridgehead atoms. The van der Waals surface area contributed by atoms with Gasteiger partial charge < -0.3 is 0 Å². The van der Waals surface area contributed by atoms with Gasteiger partial charge in [0.1, 0.15) is 5.82 Å². The minimum atomic E-state index is -0.995. The minimum absolute atomic E-state index is 0.286. The van der Waals surface area contributed by atoms with Crippen LogP contribution < -0.4 is 11.3 Å². The zero-order valence-corrected chi connectivity index (χ0v) is 10.3. The fourth-order valence-corrected chi connectivity index (χ4v) is 1.94. The lowest BCUT2D eigenvalue weighted by atomic mass is 9.97. The van der Waals surface area contributed by atoms with E-state index in [2.05, 4.69) is 5.43 Å². The average molecular weight is 266 g/mol. The molecule has 2 aromatic rings. The molecule has 0 saturated heterocycles.